The number of aryl methyl sites for hydroxylation is 2. The maximum absolute atomic E-state index is 10.4. The molecule has 15 heavy (non-hydrogen) atoms. The molecule has 0 fully saturated rings. The number of aliphatic hydroxyl groups is 1. The molecular formula is C13H19ClO. The molecule has 0 aliphatic carbocycles. The first-order chi connectivity index (χ1) is 6.76. The van der Waals surface area contributed by atoms with Crippen molar-refractivity contribution in [2.45, 2.75) is 40.2 Å². The molecule has 84 valence electrons. The molecule has 0 aromatic heterocycles. The van der Waals surface area contributed by atoms with Gasteiger partial charge in [0, 0.05) is 5.02 Å². The zero-order valence-corrected chi connectivity index (χ0v) is 10.8. The van der Waals surface area contributed by atoms with E-state index in [-0.39, 0.29) is 5.92 Å². The highest BCUT2D eigenvalue weighted by atomic mass is 35.5. The van der Waals surface area contributed by atoms with Gasteiger partial charge in [-0.3, -0.25) is 0 Å². The van der Waals surface area contributed by atoms with E-state index in [0.29, 0.717) is 0 Å². The molecule has 1 aromatic carbocycles. The van der Waals surface area contributed by atoms with Crippen LogP contribution in [-0.2, 0) is 5.60 Å². The van der Waals surface area contributed by atoms with Crippen LogP contribution >= 0.6 is 11.6 Å². The Morgan fingerprint density at radius 2 is 1.60 bits per heavy atom. The van der Waals surface area contributed by atoms with E-state index in [4.69, 9.17) is 11.6 Å². The molecule has 2 heteroatoms. The van der Waals surface area contributed by atoms with Crippen LogP contribution in [0.1, 0.15) is 37.5 Å². The Morgan fingerprint density at radius 3 is 1.93 bits per heavy atom. The van der Waals surface area contributed by atoms with Crippen LogP contribution in [0.2, 0.25) is 5.02 Å². The molecule has 0 unspecified atom stereocenters. The van der Waals surface area contributed by atoms with Crippen molar-refractivity contribution in [3.63, 3.8) is 0 Å². The lowest BCUT2D eigenvalue weighted by atomic mass is 9.84. The lowest BCUT2D eigenvalue weighted by Gasteiger charge is -2.29. The molecule has 1 rings (SSSR count). The summed E-state index contributed by atoms with van der Waals surface area (Å²) in [6.45, 7) is 9.81. The van der Waals surface area contributed by atoms with Crippen molar-refractivity contribution in [2.24, 2.45) is 5.92 Å². The van der Waals surface area contributed by atoms with E-state index in [0.717, 1.165) is 21.7 Å². The van der Waals surface area contributed by atoms with Crippen LogP contribution in [0.4, 0.5) is 0 Å². The molecule has 1 atom stereocenters. The van der Waals surface area contributed by atoms with Gasteiger partial charge in [-0.25, -0.2) is 0 Å². The van der Waals surface area contributed by atoms with Crippen molar-refractivity contribution in [2.75, 3.05) is 0 Å². The number of benzene rings is 1. The number of hydrogen-bond acceptors (Lipinski definition) is 1. The third-order valence-electron chi connectivity index (χ3n) is 3.15. The van der Waals surface area contributed by atoms with Gasteiger partial charge in [-0.1, -0.05) is 37.6 Å². The summed E-state index contributed by atoms with van der Waals surface area (Å²) in [5.41, 5.74) is 2.19. The molecule has 1 aromatic rings. The van der Waals surface area contributed by atoms with E-state index in [1.807, 2.05) is 46.8 Å². The Balaban J connectivity index is 3.28. The average Bonchev–Trinajstić information content (AvgIpc) is 2.13. The summed E-state index contributed by atoms with van der Waals surface area (Å²) in [5, 5.41) is 11.1. The molecule has 1 N–H and O–H groups in total. The molecule has 0 bridgehead atoms. The lowest BCUT2D eigenvalue weighted by Crippen LogP contribution is -2.28. The van der Waals surface area contributed by atoms with Gasteiger partial charge in [0.2, 0.25) is 0 Å². The molecule has 0 saturated carbocycles. The van der Waals surface area contributed by atoms with Crippen LogP contribution in [0, 0.1) is 19.8 Å². The van der Waals surface area contributed by atoms with Gasteiger partial charge in [-0.2, -0.15) is 0 Å². The predicted molar refractivity (Wildman–Crippen MR) is 65.3 cm³/mol. The minimum atomic E-state index is -0.792. The molecule has 0 amide bonds. The molecule has 1 nitrogen and oxygen atoms in total. The Labute approximate surface area is 97.1 Å². The maximum atomic E-state index is 10.4. The fourth-order valence-corrected chi connectivity index (χ4v) is 1.68. The standard InChI is InChI=1S/C13H19ClO/c1-8(2)13(5,15)11-6-9(3)12(14)10(4)7-11/h6-8,15H,1-5H3/t13-/m1/s1. The monoisotopic (exact) mass is 226 g/mol. The van der Waals surface area contributed by atoms with Gasteiger partial charge < -0.3 is 5.11 Å². The summed E-state index contributed by atoms with van der Waals surface area (Å²) in [7, 11) is 0. The largest absolute Gasteiger partial charge is 0.385 e. The quantitative estimate of drug-likeness (QED) is 0.813. The van der Waals surface area contributed by atoms with Crippen molar-refractivity contribution in [1.29, 1.82) is 0 Å². The highest BCUT2D eigenvalue weighted by molar-refractivity contribution is 6.32. The summed E-state index contributed by atoms with van der Waals surface area (Å²) in [4.78, 5) is 0. The minimum absolute atomic E-state index is 0.178. The highest BCUT2D eigenvalue weighted by Crippen LogP contribution is 2.32. The zero-order chi connectivity index (χ0) is 11.8. The van der Waals surface area contributed by atoms with E-state index in [1.54, 1.807) is 0 Å². The van der Waals surface area contributed by atoms with Crippen LogP contribution < -0.4 is 0 Å². The van der Waals surface area contributed by atoms with Gasteiger partial charge in [-0.15, -0.1) is 0 Å². The number of halogens is 1. The van der Waals surface area contributed by atoms with Crippen LogP contribution in [0.3, 0.4) is 0 Å². The smallest absolute Gasteiger partial charge is 0.0891 e. The molecule has 0 aliphatic rings. The van der Waals surface area contributed by atoms with Crippen molar-refractivity contribution in [3.8, 4) is 0 Å². The summed E-state index contributed by atoms with van der Waals surface area (Å²) in [5.74, 6) is 0.178. The van der Waals surface area contributed by atoms with Crippen molar-refractivity contribution in [3.05, 3.63) is 33.8 Å². The minimum Gasteiger partial charge on any atom is -0.385 e. The van der Waals surface area contributed by atoms with E-state index >= 15 is 0 Å². The third kappa shape index (κ3) is 2.35. The topological polar surface area (TPSA) is 20.2 Å². The fraction of sp³-hybridized carbons (Fsp3) is 0.538. The Bertz CT molecular complexity index is 344. The van der Waals surface area contributed by atoms with Crippen LogP contribution in [0.25, 0.3) is 0 Å². The van der Waals surface area contributed by atoms with Crippen molar-refractivity contribution < 1.29 is 5.11 Å². The van der Waals surface area contributed by atoms with Gasteiger partial charge in [0.15, 0.2) is 0 Å². The SMILES string of the molecule is Cc1cc([C@](C)(O)C(C)C)cc(C)c1Cl. The normalized spacial score (nSPS) is 15.5. The molecule has 0 radical (unpaired) electrons. The summed E-state index contributed by atoms with van der Waals surface area (Å²) >= 11 is 6.10. The van der Waals surface area contributed by atoms with Gasteiger partial charge in [0.25, 0.3) is 0 Å². The summed E-state index contributed by atoms with van der Waals surface area (Å²) < 4.78 is 0. The first-order valence-electron chi connectivity index (χ1n) is 5.26. The number of rotatable bonds is 2. The molecule has 0 saturated heterocycles. The van der Waals surface area contributed by atoms with E-state index < -0.39 is 5.60 Å². The molecular weight excluding hydrogens is 208 g/mol. The van der Waals surface area contributed by atoms with Crippen molar-refractivity contribution >= 4 is 11.6 Å². The lowest BCUT2D eigenvalue weighted by molar-refractivity contribution is 0.00895. The van der Waals surface area contributed by atoms with Gasteiger partial charge >= 0.3 is 0 Å². The Kier molecular flexibility index (Phi) is 3.47. The molecule has 0 heterocycles. The van der Waals surface area contributed by atoms with Crippen molar-refractivity contribution in [1.82, 2.24) is 0 Å². The molecule has 0 aliphatic heterocycles. The van der Waals surface area contributed by atoms with Gasteiger partial charge in [0.05, 0.1) is 5.60 Å². The highest BCUT2D eigenvalue weighted by Gasteiger charge is 2.27. The predicted octanol–water partition coefficient (Wildman–Crippen LogP) is 3.82. The fourth-order valence-electron chi connectivity index (χ4n) is 1.57. The van der Waals surface area contributed by atoms with Crippen LogP contribution in [0.5, 0.6) is 0 Å². The van der Waals surface area contributed by atoms with E-state index in [2.05, 4.69) is 0 Å². The first-order valence-corrected chi connectivity index (χ1v) is 5.64. The number of hydrogen-bond donors (Lipinski definition) is 1. The average molecular weight is 227 g/mol. The molecule has 0 spiro atoms. The maximum Gasteiger partial charge on any atom is 0.0891 e. The van der Waals surface area contributed by atoms with Crippen LogP contribution in [0.15, 0.2) is 12.1 Å². The second-order valence-corrected chi connectivity index (χ2v) is 5.10. The van der Waals surface area contributed by atoms with Crippen LogP contribution in [-0.4, -0.2) is 5.11 Å². The second kappa shape index (κ2) is 4.15. The third-order valence-corrected chi connectivity index (χ3v) is 3.74. The van der Waals surface area contributed by atoms with Gasteiger partial charge in [-0.05, 0) is 43.4 Å². The Morgan fingerprint density at radius 1 is 1.20 bits per heavy atom. The first kappa shape index (κ1) is 12.5. The van der Waals surface area contributed by atoms with Gasteiger partial charge in [0.1, 0.15) is 0 Å². The second-order valence-electron chi connectivity index (χ2n) is 4.73. The van der Waals surface area contributed by atoms with E-state index in [9.17, 15) is 5.11 Å². The zero-order valence-electron chi connectivity index (χ0n) is 10.1. The Hall–Kier alpha value is -0.530. The summed E-state index contributed by atoms with van der Waals surface area (Å²) in [6.07, 6.45) is 0. The summed E-state index contributed by atoms with van der Waals surface area (Å²) in [6, 6.07) is 3.94. The van der Waals surface area contributed by atoms with E-state index in [1.165, 1.54) is 0 Å².